The molecule has 3 saturated heterocycles. The summed E-state index contributed by atoms with van der Waals surface area (Å²) in [4.78, 5) is 24.7. The van der Waals surface area contributed by atoms with Gasteiger partial charge in [0.25, 0.3) is 0 Å². The first-order valence-electron chi connectivity index (χ1n) is 9.23. The number of fused-ring (bicyclic) bond motifs is 4. The van der Waals surface area contributed by atoms with E-state index in [9.17, 15) is 9.59 Å². The minimum Gasteiger partial charge on any atom is -0.598 e. The van der Waals surface area contributed by atoms with Crippen LogP contribution in [-0.4, -0.2) is 54.3 Å². The van der Waals surface area contributed by atoms with Gasteiger partial charge in [0.2, 0.25) is 0 Å². The highest BCUT2D eigenvalue weighted by molar-refractivity contribution is 6.69. The van der Waals surface area contributed by atoms with Crippen LogP contribution < -0.4 is 0 Å². The Morgan fingerprint density at radius 2 is 1.67 bits per heavy atom. The number of nitrogens with zero attached hydrogens (tertiary/aromatic N) is 1. The summed E-state index contributed by atoms with van der Waals surface area (Å²) in [6, 6.07) is 0.237. The number of hydrogen-bond donors (Lipinski definition) is 0. The van der Waals surface area contributed by atoms with Gasteiger partial charge in [0.1, 0.15) is 18.6 Å². The van der Waals surface area contributed by atoms with Crippen molar-refractivity contribution >= 4 is 18.6 Å². The maximum Gasteiger partial charge on any atom is 0.617 e. The third kappa shape index (κ3) is 1.44. The molecule has 5 atom stereocenters. The van der Waals surface area contributed by atoms with Crippen LogP contribution in [0.1, 0.15) is 40.5 Å². The SMILES string of the molecule is C[C@H]1C([N+]23CC(=O)O[B-]2([C@@]2(C)CO2)OC(=O)C3)C[C@@H]2C[C@H]1C2(C)C. The van der Waals surface area contributed by atoms with E-state index in [2.05, 4.69) is 20.8 Å². The summed E-state index contributed by atoms with van der Waals surface area (Å²) < 4.78 is 17.6. The highest BCUT2D eigenvalue weighted by Crippen LogP contribution is 2.65. The molecule has 6 aliphatic rings. The molecular formula is C17H26BNO5. The Morgan fingerprint density at radius 3 is 2.12 bits per heavy atom. The summed E-state index contributed by atoms with van der Waals surface area (Å²) in [5, 5.41) is 0. The smallest absolute Gasteiger partial charge is 0.598 e. The van der Waals surface area contributed by atoms with Gasteiger partial charge in [-0.3, -0.25) is 9.59 Å². The number of hydrogen-bond acceptors (Lipinski definition) is 5. The van der Waals surface area contributed by atoms with Crippen LogP contribution >= 0.6 is 0 Å². The lowest BCUT2D eigenvalue weighted by Gasteiger charge is -2.66. The molecule has 3 saturated carbocycles. The Labute approximate surface area is 142 Å². The van der Waals surface area contributed by atoms with Gasteiger partial charge in [-0.25, -0.2) is 0 Å². The van der Waals surface area contributed by atoms with Crippen LogP contribution in [0.2, 0.25) is 0 Å². The van der Waals surface area contributed by atoms with Crippen molar-refractivity contribution in [3.63, 3.8) is 0 Å². The zero-order valence-corrected chi connectivity index (χ0v) is 14.9. The van der Waals surface area contributed by atoms with Gasteiger partial charge in [-0.05, 0) is 30.1 Å². The van der Waals surface area contributed by atoms with Crippen LogP contribution in [0.15, 0.2) is 0 Å². The molecule has 1 unspecified atom stereocenters. The Kier molecular flexibility index (Phi) is 2.54. The van der Waals surface area contributed by atoms with Crippen molar-refractivity contribution in [1.82, 2.24) is 0 Å². The molecule has 6 fully saturated rings. The van der Waals surface area contributed by atoms with Gasteiger partial charge < -0.3 is 18.4 Å². The van der Waals surface area contributed by atoms with E-state index >= 15 is 0 Å². The van der Waals surface area contributed by atoms with Crippen LogP contribution in [0.3, 0.4) is 0 Å². The fraction of sp³-hybridized carbons (Fsp3) is 0.882. The minimum absolute atomic E-state index is 0.237. The van der Waals surface area contributed by atoms with Crippen LogP contribution in [0, 0.1) is 23.2 Å². The number of ether oxygens (including phenoxy) is 1. The Hall–Kier alpha value is -1.08. The van der Waals surface area contributed by atoms with Crippen molar-refractivity contribution in [3.8, 4) is 0 Å². The zero-order valence-electron chi connectivity index (χ0n) is 14.9. The molecular weight excluding hydrogens is 309 g/mol. The van der Waals surface area contributed by atoms with E-state index < -0.39 is 12.2 Å². The third-order valence-electron chi connectivity index (χ3n) is 8.45. The standard InChI is InChI=1S/C17H26BNO5/c1-10-12-5-11(16(12,2)3)6-13(10)19-7-14(20)23-18(19,17(4)9-22-17)24-15(21)8-19/h10-13H,5-9H2,1-4H3/t10-,11+,12-,13?,17-,18?,19?/m1/s1. The van der Waals surface area contributed by atoms with Gasteiger partial charge in [0.15, 0.2) is 0 Å². The lowest BCUT2D eigenvalue weighted by molar-refractivity contribution is -0.853. The topological polar surface area (TPSA) is 65.1 Å². The molecule has 0 spiro atoms. The number of rotatable bonds is 2. The summed E-state index contributed by atoms with van der Waals surface area (Å²) >= 11 is 0. The van der Waals surface area contributed by atoms with E-state index in [0.29, 0.717) is 34.2 Å². The lowest BCUT2D eigenvalue weighted by atomic mass is 9.42. The second-order valence-electron chi connectivity index (χ2n) is 9.69. The van der Waals surface area contributed by atoms with Crippen molar-refractivity contribution in [3.05, 3.63) is 0 Å². The summed E-state index contributed by atoms with van der Waals surface area (Å²) in [6.07, 6.45) is 2.31. The van der Waals surface area contributed by atoms with Gasteiger partial charge in [0.05, 0.1) is 12.6 Å². The molecule has 0 radical (unpaired) electrons. The van der Waals surface area contributed by atoms with Crippen LogP contribution in [-0.2, 0) is 23.6 Å². The predicted molar refractivity (Wildman–Crippen MR) is 85.2 cm³/mol. The summed E-state index contributed by atoms with van der Waals surface area (Å²) in [7, 11) is 0. The molecule has 3 heterocycles. The fourth-order valence-corrected chi connectivity index (χ4v) is 6.85. The molecule has 2 bridgehead atoms. The monoisotopic (exact) mass is 335 g/mol. The lowest BCUT2D eigenvalue weighted by Crippen LogP contribution is -2.77. The van der Waals surface area contributed by atoms with Gasteiger partial charge in [-0.2, -0.15) is 0 Å². The highest BCUT2D eigenvalue weighted by Gasteiger charge is 2.82. The molecule has 24 heavy (non-hydrogen) atoms. The molecule has 6 nitrogen and oxygen atoms in total. The first-order valence-corrected chi connectivity index (χ1v) is 9.23. The molecule has 0 aromatic carbocycles. The minimum atomic E-state index is -2.11. The first kappa shape index (κ1) is 15.2. The molecule has 132 valence electrons. The average molecular weight is 335 g/mol. The van der Waals surface area contributed by atoms with Gasteiger partial charge in [-0.1, -0.05) is 27.7 Å². The van der Waals surface area contributed by atoms with E-state index in [-0.39, 0.29) is 31.1 Å². The van der Waals surface area contributed by atoms with Crippen LogP contribution in [0.25, 0.3) is 0 Å². The molecule has 3 aliphatic carbocycles. The molecule has 6 rings (SSSR count). The number of epoxide rings is 1. The van der Waals surface area contributed by atoms with Crippen LogP contribution in [0.5, 0.6) is 0 Å². The largest absolute Gasteiger partial charge is 0.617 e. The Morgan fingerprint density at radius 1 is 1.08 bits per heavy atom. The normalized spacial score (nSPS) is 57.0. The zero-order chi connectivity index (χ0) is 17.1. The molecule has 7 heteroatoms. The van der Waals surface area contributed by atoms with E-state index in [1.54, 1.807) is 0 Å². The maximum absolute atomic E-state index is 12.3. The molecule has 0 N–H and O–H groups in total. The third-order valence-corrected chi connectivity index (χ3v) is 8.45. The second kappa shape index (κ2) is 4.01. The predicted octanol–water partition coefficient (Wildman–Crippen LogP) is 1.25. The van der Waals surface area contributed by atoms with E-state index in [1.165, 1.54) is 6.42 Å². The summed E-state index contributed by atoms with van der Waals surface area (Å²) in [6.45, 7) is 7.82. The van der Waals surface area contributed by atoms with Crippen molar-refractivity contribution in [1.29, 1.82) is 0 Å². The van der Waals surface area contributed by atoms with Crippen molar-refractivity contribution in [2.45, 2.75) is 52.1 Å². The quantitative estimate of drug-likeness (QED) is 0.561. The van der Waals surface area contributed by atoms with Gasteiger partial charge in [-0.15, -0.1) is 0 Å². The summed E-state index contributed by atoms with van der Waals surface area (Å²) in [5.74, 6) is 1.25. The van der Waals surface area contributed by atoms with Crippen molar-refractivity contribution in [2.75, 3.05) is 19.7 Å². The number of quaternary nitrogens is 1. The average Bonchev–Trinajstić information content (AvgIpc) is 3.08. The fourth-order valence-electron chi connectivity index (χ4n) is 6.85. The van der Waals surface area contributed by atoms with E-state index in [0.717, 1.165) is 6.42 Å². The Balaban J connectivity index is 1.60. The first-order chi connectivity index (χ1) is 11.2. The molecule has 0 amide bonds. The van der Waals surface area contributed by atoms with Crippen LogP contribution in [0.4, 0.5) is 0 Å². The Bertz CT molecular complexity index is 637. The maximum atomic E-state index is 12.3. The molecule has 0 aromatic heterocycles. The van der Waals surface area contributed by atoms with Crippen molar-refractivity contribution in [2.24, 2.45) is 23.2 Å². The summed E-state index contributed by atoms with van der Waals surface area (Å²) in [5.41, 5.74) is -0.283. The molecule has 0 aromatic rings. The number of carbonyl (C=O) groups is 2. The highest BCUT2D eigenvalue weighted by atomic mass is 16.7. The van der Waals surface area contributed by atoms with Crippen molar-refractivity contribution < 1.29 is 28.0 Å². The number of carbonyl (C=O) groups excluding carboxylic acids is 2. The van der Waals surface area contributed by atoms with Gasteiger partial charge >= 0.3 is 18.6 Å². The molecule has 3 aliphatic heterocycles. The van der Waals surface area contributed by atoms with E-state index in [1.807, 2.05) is 6.92 Å². The second-order valence-corrected chi connectivity index (χ2v) is 9.69. The van der Waals surface area contributed by atoms with E-state index in [4.69, 9.17) is 14.0 Å². The van der Waals surface area contributed by atoms with Gasteiger partial charge in [0, 0.05) is 5.92 Å².